The minimum Gasteiger partial charge on any atom is -0.494 e. The fraction of sp³-hybridized carbons (Fsp3) is 0.409. The highest BCUT2D eigenvalue weighted by Crippen LogP contribution is 2.35. The summed E-state index contributed by atoms with van der Waals surface area (Å²) >= 11 is 3.46. The summed E-state index contributed by atoms with van der Waals surface area (Å²) in [4.78, 5) is 4.73. The molecule has 2 atom stereocenters. The Labute approximate surface area is 174 Å². The van der Waals surface area contributed by atoms with Crippen molar-refractivity contribution >= 4 is 22.7 Å². The van der Waals surface area contributed by atoms with Gasteiger partial charge in [-0.15, -0.1) is 11.3 Å². The lowest BCUT2D eigenvalue weighted by Gasteiger charge is -2.18. The number of hydrogen-bond acceptors (Lipinski definition) is 6. The van der Waals surface area contributed by atoms with Gasteiger partial charge in [-0.05, 0) is 61.7 Å². The first-order valence-corrected chi connectivity index (χ1v) is 11.6. The van der Waals surface area contributed by atoms with Gasteiger partial charge in [0.25, 0.3) is 0 Å². The molecule has 4 nitrogen and oxygen atoms in total. The number of rotatable bonds is 8. The van der Waals surface area contributed by atoms with Gasteiger partial charge in [0.1, 0.15) is 22.6 Å². The van der Waals surface area contributed by atoms with E-state index in [0.717, 1.165) is 40.6 Å². The van der Waals surface area contributed by atoms with Crippen LogP contribution in [0.15, 0.2) is 34.3 Å². The lowest BCUT2D eigenvalue weighted by Crippen LogP contribution is -2.23. The highest BCUT2D eigenvalue weighted by atomic mass is 32.1. The monoisotopic (exact) mass is 414 g/mol. The van der Waals surface area contributed by atoms with Crippen molar-refractivity contribution in [3.05, 3.63) is 61.7 Å². The molecule has 0 spiro atoms. The van der Waals surface area contributed by atoms with Crippen LogP contribution in [0.4, 0.5) is 0 Å². The summed E-state index contributed by atoms with van der Waals surface area (Å²) in [6.07, 6.45) is 2.11. The Hall–Kier alpha value is -1.89. The molecule has 0 aliphatic carbocycles. The second-order valence-corrected chi connectivity index (χ2v) is 8.90. The van der Waals surface area contributed by atoms with Crippen LogP contribution in [0.5, 0.6) is 11.5 Å². The molecule has 1 aliphatic heterocycles. The van der Waals surface area contributed by atoms with Crippen LogP contribution in [-0.2, 0) is 19.4 Å². The molecule has 0 saturated carbocycles. The van der Waals surface area contributed by atoms with Crippen LogP contribution in [0.1, 0.15) is 47.3 Å². The molecule has 2 aromatic heterocycles. The Morgan fingerprint density at radius 1 is 1.36 bits per heavy atom. The maximum absolute atomic E-state index is 5.97. The average Bonchev–Trinajstić information content (AvgIpc) is 3.39. The summed E-state index contributed by atoms with van der Waals surface area (Å²) in [5.41, 5.74) is 4.79. The van der Waals surface area contributed by atoms with E-state index in [1.54, 1.807) is 22.7 Å². The Kier molecular flexibility index (Phi) is 5.99. The number of hydrogen-bond donors (Lipinski definition) is 1. The van der Waals surface area contributed by atoms with E-state index in [1.807, 2.05) is 13.8 Å². The molecule has 3 heterocycles. The van der Waals surface area contributed by atoms with E-state index < -0.39 is 0 Å². The van der Waals surface area contributed by atoms with Gasteiger partial charge in [-0.25, -0.2) is 4.98 Å². The van der Waals surface area contributed by atoms with Crippen molar-refractivity contribution in [3.8, 4) is 11.5 Å². The van der Waals surface area contributed by atoms with E-state index in [1.165, 1.54) is 11.1 Å². The molecule has 0 saturated heterocycles. The normalized spacial score (nSPS) is 16.6. The molecule has 3 aromatic rings. The molecule has 0 radical (unpaired) electrons. The van der Waals surface area contributed by atoms with Crippen molar-refractivity contribution < 1.29 is 9.47 Å². The number of thiazole rings is 1. The molecule has 6 heteroatoms. The third-order valence-corrected chi connectivity index (χ3v) is 6.68. The van der Waals surface area contributed by atoms with Gasteiger partial charge in [0, 0.05) is 35.2 Å². The standard InChI is InChI=1S/C22H26N2O2S2/c1-4-25-20-9-17-7-15(3)26-21(17)10-18(20)11-23-19(8-16-5-6-27-13-16)22-24-14(2)12-28-22/h5-6,9-10,12-13,15,19,23H,4,7-8,11H2,1-3H3. The lowest BCUT2D eigenvalue weighted by molar-refractivity contribution is 0.254. The zero-order valence-corrected chi connectivity index (χ0v) is 18.2. The highest BCUT2D eigenvalue weighted by Gasteiger charge is 2.23. The van der Waals surface area contributed by atoms with Gasteiger partial charge < -0.3 is 14.8 Å². The maximum Gasteiger partial charge on any atom is 0.124 e. The van der Waals surface area contributed by atoms with E-state index in [0.29, 0.717) is 13.2 Å². The lowest BCUT2D eigenvalue weighted by atomic mass is 10.1. The number of aryl methyl sites for hydroxylation is 1. The van der Waals surface area contributed by atoms with Gasteiger partial charge in [0.15, 0.2) is 0 Å². The highest BCUT2D eigenvalue weighted by molar-refractivity contribution is 7.09. The molecule has 0 bridgehead atoms. The first-order chi connectivity index (χ1) is 13.6. The number of aromatic nitrogens is 1. The van der Waals surface area contributed by atoms with Gasteiger partial charge in [0.2, 0.25) is 0 Å². The first kappa shape index (κ1) is 19.4. The Morgan fingerprint density at radius 3 is 2.96 bits per heavy atom. The topological polar surface area (TPSA) is 43.4 Å². The van der Waals surface area contributed by atoms with Crippen molar-refractivity contribution in [2.45, 2.75) is 52.3 Å². The summed E-state index contributed by atoms with van der Waals surface area (Å²) < 4.78 is 11.9. The van der Waals surface area contributed by atoms with Crippen molar-refractivity contribution in [1.29, 1.82) is 0 Å². The number of nitrogens with zero attached hydrogens (tertiary/aromatic N) is 1. The van der Waals surface area contributed by atoms with Crippen LogP contribution in [0.25, 0.3) is 0 Å². The molecule has 2 unspecified atom stereocenters. The van der Waals surface area contributed by atoms with E-state index in [-0.39, 0.29) is 12.1 Å². The van der Waals surface area contributed by atoms with Crippen LogP contribution >= 0.6 is 22.7 Å². The summed E-state index contributed by atoms with van der Waals surface area (Å²) in [6.45, 7) is 7.56. The summed E-state index contributed by atoms with van der Waals surface area (Å²) in [6, 6.07) is 6.67. The third-order valence-electron chi connectivity index (χ3n) is 4.87. The molecule has 0 amide bonds. The number of fused-ring (bicyclic) bond motifs is 1. The van der Waals surface area contributed by atoms with Gasteiger partial charge >= 0.3 is 0 Å². The molecule has 28 heavy (non-hydrogen) atoms. The van der Waals surface area contributed by atoms with Gasteiger partial charge in [-0.2, -0.15) is 11.3 Å². The molecule has 1 N–H and O–H groups in total. The molecular formula is C22H26N2O2S2. The Morgan fingerprint density at radius 2 is 2.25 bits per heavy atom. The fourth-order valence-electron chi connectivity index (χ4n) is 3.57. The van der Waals surface area contributed by atoms with E-state index >= 15 is 0 Å². The van der Waals surface area contributed by atoms with Gasteiger partial charge in [-0.1, -0.05) is 0 Å². The smallest absolute Gasteiger partial charge is 0.124 e. The zero-order valence-electron chi connectivity index (χ0n) is 16.5. The van der Waals surface area contributed by atoms with Crippen molar-refractivity contribution in [1.82, 2.24) is 10.3 Å². The summed E-state index contributed by atoms with van der Waals surface area (Å²) in [5.74, 6) is 1.95. The maximum atomic E-state index is 5.97. The predicted molar refractivity (Wildman–Crippen MR) is 116 cm³/mol. The van der Waals surface area contributed by atoms with Crippen molar-refractivity contribution in [2.75, 3.05) is 6.61 Å². The van der Waals surface area contributed by atoms with E-state index in [9.17, 15) is 0 Å². The van der Waals surface area contributed by atoms with Crippen LogP contribution in [-0.4, -0.2) is 17.7 Å². The second kappa shape index (κ2) is 8.64. The van der Waals surface area contributed by atoms with Crippen LogP contribution in [0.3, 0.4) is 0 Å². The molecule has 4 rings (SSSR count). The molecule has 0 fully saturated rings. The van der Waals surface area contributed by atoms with Gasteiger partial charge in [-0.3, -0.25) is 0 Å². The van der Waals surface area contributed by atoms with Crippen molar-refractivity contribution in [2.24, 2.45) is 0 Å². The average molecular weight is 415 g/mol. The van der Waals surface area contributed by atoms with E-state index in [4.69, 9.17) is 14.5 Å². The van der Waals surface area contributed by atoms with Crippen LogP contribution in [0.2, 0.25) is 0 Å². The Balaban J connectivity index is 1.55. The van der Waals surface area contributed by atoms with Crippen LogP contribution in [0, 0.1) is 6.92 Å². The second-order valence-electron chi connectivity index (χ2n) is 7.23. The number of thiophene rings is 1. The molecule has 1 aliphatic rings. The fourth-order valence-corrected chi connectivity index (χ4v) is 5.12. The summed E-state index contributed by atoms with van der Waals surface area (Å²) in [7, 11) is 0. The van der Waals surface area contributed by atoms with Gasteiger partial charge in [0.05, 0.1) is 12.6 Å². The molecule has 1 aromatic carbocycles. The first-order valence-electron chi connectivity index (χ1n) is 9.74. The third kappa shape index (κ3) is 4.40. The SMILES string of the molecule is CCOc1cc2c(cc1CNC(Cc1ccsc1)c1nc(C)cs1)OC(C)C2. The van der Waals surface area contributed by atoms with E-state index in [2.05, 4.69) is 46.6 Å². The molecule has 148 valence electrons. The Bertz CT molecular complexity index is 921. The number of benzene rings is 1. The predicted octanol–water partition coefficient (Wildman–Crippen LogP) is 5.31. The largest absolute Gasteiger partial charge is 0.494 e. The number of ether oxygens (including phenoxy) is 2. The number of nitrogens with one attached hydrogen (secondary N) is 1. The minimum atomic E-state index is 0.177. The van der Waals surface area contributed by atoms with Crippen molar-refractivity contribution in [3.63, 3.8) is 0 Å². The quantitative estimate of drug-likeness (QED) is 0.542. The molecular weight excluding hydrogens is 388 g/mol. The zero-order chi connectivity index (χ0) is 19.5. The van der Waals surface area contributed by atoms with Crippen LogP contribution < -0.4 is 14.8 Å². The minimum absolute atomic E-state index is 0.177. The summed E-state index contributed by atoms with van der Waals surface area (Å²) in [5, 5.41) is 11.3.